The number of hydrogen-bond donors (Lipinski definition) is 2. The number of benzene rings is 1. The summed E-state index contributed by atoms with van der Waals surface area (Å²) in [6.07, 6.45) is 13.6. The highest BCUT2D eigenvalue weighted by Crippen LogP contribution is 2.75. The lowest BCUT2D eigenvalue weighted by atomic mass is 9.33. The Hall–Kier alpha value is -2.03. The summed E-state index contributed by atoms with van der Waals surface area (Å²) in [5, 5.41) is 30.4. The standard InChI is InChI=1S/C40H56BrN3O4/c1-35(2)16-18-40(34(47)48-24-28-23-44(43-42-28)22-26-8-7-9-27(41)20-26)19-17-38(5)29(30(40)21-35)10-11-32-36(3)14-13-33(46)37(4,25-45)31(36)12-15-39(32,38)6/h7-10,20,23,30-33,45-46H,11-19,21-22,24-25H2,1-6H3/t30-,31+,32+,33-,36-,37-,38+,39+,40-/m0/s1. The number of allylic oxidation sites excluding steroid dienone is 2. The number of aliphatic hydroxyl groups is 2. The number of ether oxygens (including phenoxy) is 1. The molecule has 8 heteroatoms. The Morgan fingerprint density at radius 2 is 1.79 bits per heavy atom. The van der Waals surface area contributed by atoms with Crippen LogP contribution in [0, 0.1) is 50.2 Å². The van der Waals surface area contributed by atoms with Crippen LogP contribution in [0.2, 0.25) is 0 Å². The average Bonchev–Trinajstić information content (AvgIpc) is 3.49. The van der Waals surface area contributed by atoms with Crippen molar-refractivity contribution in [3.05, 3.63) is 57.8 Å². The van der Waals surface area contributed by atoms with Gasteiger partial charge in [0, 0.05) is 9.89 Å². The van der Waals surface area contributed by atoms with Crippen LogP contribution >= 0.6 is 15.9 Å². The molecule has 2 aromatic rings. The molecule has 5 aliphatic rings. The number of carbonyl (C=O) groups is 1. The van der Waals surface area contributed by atoms with Gasteiger partial charge in [0.25, 0.3) is 0 Å². The van der Waals surface area contributed by atoms with Crippen LogP contribution in [-0.4, -0.2) is 43.9 Å². The minimum absolute atomic E-state index is 0.00737. The topological polar surface area (TPSA) is 97.5 Å². The molecule has 0 aliphatic heterocycles. The van der Waals surface area contributed by atoms with E-state index in [2.05, 4.69) is 86.0 Å². The second kappa shape index (κ2) is 11.8. The van der Waals surface area contributed by atoms with Crippen molar-refractivity contribution in [1.29, 1.82) is 0 Å². The highest BCUT2D eigenvalue weighted by Gasteiger charge is 2.69. The van der Waals surface area contributed by atoms with Gasteiger partial charge >= 0.3 is 5.97 Å². The zero-order valence-electron chi connectivity index (χ0n) is 29.9. The summed E-state index contributed by atoms with van der Waals surface area (Å²) < 4.78 is 9.05. The molecule has 7 nitrogen and oxygen atoms in total. The second-order valence-corrected chi connectivity index (χ2v) is 19.1. The smallest absolute Gasteiger partial charge is 0.313 e. The molecule has 4 fully saturated rings. The van der Waals surface area contributed by atoms with E-state index in [-0.39, 0.29) is 46.8 Å². The Balaban J connectivity index is 1.15. The fourth-order valence-corrected chi connectivity index (χ4v) is 12.7. The third kappa shape index (κ3) is 5.12. The Morgan fingerprint density at radius 1 is 1.02 bits per heavy atom. The van der Waals surface area contributed by atoms with Crippen molar-refractivity contribution >= 4 is 21.9 Å². The van der Waals surface area contributed by atoms with Crippen molar-refractivity contribution in [3.63, 3.8) is 0 Å². The lowest BCUT2D eigenvalue weighted by Gasteiger charge is -2.71. The Morgan fingerprint density at radius 3 is 2.54 bits per heavy atom. The van der Waals surface area contributed by atoms with Crippen molar-refractivity contribution in [2.24, 2.45) is 50.2 Å². The van der Waals surface area contributed by atoms with Gasteiger partial charge in [0.15, 0.2) is 0 Å². The van der Waals surface area contributed by atoms with E-state index in [1.54, 1.807) is 4.68 Å². The number of carbonyl (C=O) groups excluding carboxylic acids is 1. The first kappa shape index (κ1) is 34.4. The molecule has 7 rings (SSSR count). The van der Waals surface area contributed by atoms with Gasteiger partial charge < -0.3 is 14.9 Å². The normalized spacial score (nSPS) is 41.6. The zero-order chi connectivity index (χ0) is 34.3. The molecule has 0 saturated heterocycles. The minimum Gasteiger partial charge on any atom is -0.459 e. The van der Waals surface area contributed by atoms with E-state index < -0.39 is 16.9 Å². The summed E-state index contributed by atoms with van der Waals surface area (Å²) in [6, 6.07) is 8.15. The third-order valence-corrected chi connectivity index (χ3v) is 15.8. The Kier molecular flexibility index (Phi) is 8.44. The number of aliphatic hydroxyl groups excluding tert-OH is 2. The molecule has 0 unspecified atom stereocenters. The van der Waals surface area contributed by atoms with Crippen molar-refractivity contribution in [1.82, 2.24) is 15.0 Å². The summed E-state index contributed by atoms with van der Waals surface area (Å²) in [5.41, 5.74) is 2.64. The van der Waals surface area contributed by atoms with Crippen LogP contribution in [0.4, 0.5) is 0 Å². The van der Waals surface area contributed by atoms with E-state index in [0.29, 0.717) is 24.1 Å². The molecule has 4 saturated carbocycles. The molecule has 1 heterocycles. The molecule has 0 amide bonds. The maximum Gasteiger partial charge on any atom is 0.313 e. The van der Waals surface area contributed by atoms with Crippen LogP contribution in [0.15, 0.2) is 46.6 Å². The average molecular weight is 723 g/mol. The maximum atomic E-state index is 14.4. The molecule has 0 spiro atoms. The van der Waals surface area contributed by atoms with E-state index in [4.69, 9.17) is 4.74 Å². The fraction of sp³-hybridized carbons (Fsp3) is 0.725. The maximum absolute atomic E-state index is 14.4. The van der Waals surface area contributed by atoms with Gasteiger partial charge in [-0.25, -0.2) is 4.68 Å². The quantitative estimate of drug-likeness (QED) is 0.230. The number of esters is 1. The predicted octanol–water partition coefficient (Wildman–Crippen LogP) is 8.27. The summed E-state index contributed by atoms with van der Waals surface area (Å²) >= 11 is 3.54. The van der Waals surface area contributed by atoms with Crippen LogP contribution in [0.1, 0.15) is 117 Å². The van der Waals surface area contributed by atoms with Crippen molar-refractivity contribution < 1.29 is 19.7 Å². The number of halogens is 1. The van der Waals surface area contributed by atoms with Gasteiger partial charge in [-0.05, 0) is 121 Å². The van der Waals surface area contributed by atoms with E-state index in [0.717, 1.165) is 74.2 Å². The van der Waals surface area contributed by atoms with Gasteiger partial charge in [0.05, 0.1) is 30.9 Å². The summed E-state index contributed by atoms with van der Waals surface area (Å²) in [4.78, 5) is 14.4. The third-order valence-electron chi connectivity index (χ3n) is 15.3. The number of nitrogens with zero attached hydrogens (tertiary/aromatic N) is 3. The van der Waals surface area contributed by atoms with Gasteiger partial charge in [-0.3, -0.25) is 4.79 Å². The second-order valence-electron chi connectivity index (χ2n) is 18.2. The van der Waals surface area contributed by atoms with Crippen LogP contribution in [0.3, 0.4) is 0 Å². The number of aromatic nitrogens is 3. The molecule has 0 radical (unpaired) electrons. The lowest BCUT2D eigenvalue weighted by Crippen LogP contribution is -2.66. The zero-order valence-corrected chi connectivity index (χ0v) is 31.5. The van der Waals surface area contributed by atoms with Crippen LogP contribution in [0.5, 0.6) is 0 Å². The molecule has 9 atom stereocenters. The number of rotatable bonds is 6. The highest BCUT2D eigenvalue weighted by atomic mass is 79.9. The SMILES string of the molecule is CC1(C)CC[C@]2(C(=O)OCc3cn(Cc4cccc(Br)c4)nn3)CC[C@]3(C)C(=CC[C@@H]4[C@@]5(C)CC[C@H](O)[C@@](C)(CO)[C@@H]5CC[C@]43C)[C@@H]2C1. The van der Waals surface area contributed by atoms with E-state index in [1.807, 2.05) is 18.3 Å². The molecule has 1 aromatic heterocycles. The lowest BCUT2D eigenvalue weighted by molar-refractivity contribution is -0.217. The fourth-order valence-electron chi connectivity index (χ4n) is 12.2. The minimum atomic E-state index is -0.512. The largest absolute Gasteiger partial charge is 0.459 e. The molecule has 5 aliphatic carbocycles. The van der Waals surface area contributed by atoms with Crippen molar-refractivity contribution in [2.45, 2.75) is 125 Å². The molecule has 48 heavy (non-hydrogen) atoms. The Labute approximate surface area is 295 Å². The molecule has 2 N–H and O–H groups in total. The van der Waals surface area contributed by atoms with Gasteiger partial charge in [-0.2, -0.15) is 0 Å². The predicted molar refractivity (Wildman–Crippen MR) is 190 cm³/mol. The molecular weight excluding hydrogens is 666 g/mol. The first-order chi connectivity index (χ1) is 22.6. The monoisotopic (exact) mass is 721 g/mol. The summed E-state index contributed by atoms with van der Waals surface area (Å²) in [7, 11) is 0. The number of fused-ring (bicyclic) bond motifs is 7. The van der Waals surface area contributed by atoms with E-state index >= 15 is 0 Å². The van der Waals surface area contributed by atoms with Gasteiger partial charge in [-0.1, -0.05) is 86.5 Å². The summed E-state index contributed by atoms with van der Waals surface area (Å²) in [5.74, 6) is 0.884. The van der Waals surface area contributed by atoms with Crippen LogP contribution < -0.4 is 0 Å². The summed E-state index contributed by atoms with van der Waals surface area (Å²) in [6.45, 7) is 15.2. The van der Waals surface area contributed by atoms with Crippen LogP contribution in [-0.2, 0) is 22.7 Å². The van der Waals surface area contributed by atoms with Gasteiger partial charge in [-0.15, -0.1) is 5.10 Å². The first-order valence-electron chi connectivity index (χ1n) is 18.4. The molecule has 0 bridgehead atoms. The van der Waals surface area contributed by atoms with E-state index in [1.165, 1.54) is 5.57 Å². The number of hydrogen-bond acceptors (Lipinski definition) is 6. The Bertz CT molecular complexity index is 1600. The molecule has 262 valence electrons. The highest BCUT2D eigenvalue weighted by molar-refractivity contribution is 9.10. The van der Waals surface area contributed by atoms with Gasteiger partial charge in [0.1, 0.15) is 12.3 Å². The molecular formula is C40H56BrN3O4. The van der Waals surface area contributed by atoms with Crippen LogP contribution in [0.25, 0.3) is 0 Å². The van der Waals surface area contributed by atoms with Gasteiger partial charge in [0.2, 0.25) is 0 Å². The molecule has 1 aromatic carbocycles. The first-order valence-corrected chi connectivity index (χ1v) is 19.2. The van der Waals surface area contributed by atoms with Crippen molar-refractivity contribution in [2.75, 3.05) is 6.61 Å². The van der Waals surface area contributed by atoms with Crippen molar-refractivity contribution in [3.8, 4) is 0 Å². The van der Waals surface area contributed by atoms with E-state index in [9.17, 15) is 15.0 Å².